The number of aromatic carboxylic acids is 1. The highest BCUT2D eigenvalue weighted by Gasteiger charge is 2.21. The Balaban J connectivity index is 2.38. The van der Waals surface area contributed by atoms with Crippen LogP contribution in [0.4, 0.5) is 5.82 Å². The summed E-state index contributed by atoms with van der Waals surface area (Å²) >= 11 is 5.76. The van der Waals surface area contributed by atoms with Crippen molar-refractivity contribution < 1.29 is 18.3 Å². The molecular formula is C12H12ClN3O4S. The molecule has 0 atom stereocenters. The Morgan fingerprint density at radius 1 is 1.48 bits per heavy atom. The van der Waals surface area contributed by atoms with Crippen molar-refractivity contribution in [1.82, 2.24) is 9.55 Å². The maximum atomic E-state index is 12.2. The van der Waals surface area contributed by atoms with Gasteiger partial charge in [-0.1, -0.05) is 11.6 Å². The Labute approximate surface area is 126 Å². The van der Waals surface area contributed by atoms with Crippen LogP contribution in [0, 0.1) is 0 Å². The quantitative estimate of drug-likeness (QED) is 0.874. The van der Waals surface area contributed by atoms with Crippen LogP contribution >= 0.6 is 11.6 Å². The third-order valence-electron chi connectivity index (χ3n) is 2.70. The molecule has 0 aliphatic carbocycles. The van der Waals surface area contributed by atoms with E-state index < -0.39 is 16.0 Å². The van der Waals surface area contributed by atoms with Crippen LogP contribution in [0.2, 0.25) is 5.02 Å². The average molecular weight is 330 g/mol. The van der Waals surface area contributed by atoms with Gasteiger partial charge in [0.25, 0.3) is 10.0 Å². The summed E-state index contributed by atoms with van der Waals surface area (Å²) in [5, 5.41) is 9.37. The second-order valence-electron chi connectivity index (χ2n) is 4.12. The van der Waals surface area contributed by atoms with Crippen LogP contribution in [0.1, 0.15) is 17.4 Å². The molecule has 112 valence electrons. The summed E-state index contributed by atoms with van der Waals surface area (Å²) in [4.78, 5) is 14.7. The second-order valence-corrected chi connectivity index (χ2v) is 6.24. The topological polar surface area (TPSA) is 101 Å². The number of hydrogen-bond acceptors (Lipinski definition) is 4. The fourth-order valence-electron chi connectivity index (χ4n) is 1.73. The molecule has 9 heteroatoms. The van der Waals surface area contributed by atoms with E-state index in [-0.39, 0.29) is 16.4 Å². The lowest BCUT2D eigenvalue weighted by molar-refractivity contribution is 0.0685. The van der Waals surface area contributed by atoms with E-state index in [2.05, 4.69) is 9.71 Å². The van der Waals surface area contributed by atoms with Crippen LogP contribution in [0.15, 0.2) is 35.5 Å². The summed E-state index contributed by atoms with van der Waals surface area (Å²) in [6.07, 6.45) is 2.62. The number of aryl methyl sites for hydroxylation is 1. The highest BCUT2D eigenvalue weighted by Crippen LogP contribution is 2.19. The minimum atomic E-state index is -3.93. The van der Waals surface area contributed by atoms with Gasteiger partial charge < -0.3 is 9.67 Å². The first kappa shape index (κ1) is 15.3. The number of rotatable bonds is 5. The Kier molecular flexibility index (Phi) is 4.19. The van der Waals surface area contributed by atoms with Crippen molar-refractivity contribution in [1.29, 1.82) is 0 Å². The van der Waals surface area contributed by atoms with Crippen molar-refractivity contribution in [2.45, 2.75) is 18.4 Å². The fraction of sp³-hybridized carbons (Fsp3) is 0.167. The van der Waals surface area contributed by atoms with Gasteiger partial charge in [-0.05, 0) is 19.1 Å². The second kappa shape index (κ2) is 5.74. The Hall–Kier alpha value is -2.06. The van der Waals surface area contributed by atoms with Crippen molar-refractivity contribution in [3.8, 4) is 0 Å². The zero-order valence-electron chi connectivity index (χ0n) is 10.9. The molecule has 0 unspecified atom stereocenters. The number of carboxylic acid groups (broad SMARTS) is 1. The summed E-state index contributed by atoms with van der Waals surface area (Å²) in [6.45, 7) is 2.06. The van der Waals surface area contributed by atoms with E-state index >= 15 is 0 Å². The summed E-state index contributed by atoms with van der Waals surface area (Å²) in [5.74, 6) is -1.14. The molecule has 2 aromatic rings. The number of aromatic nitrogens is 2. The van der Waals surface area contributed by atoms with E-state index in [1.54, 1.807) is 6.92 Å². The van der Waals surface area contributed by atoms with E-state index in [0.717, 1.165) is 6.07 Å². The smallest absolute Gasteiger partial charge is 0.352 e. The van der Waals surface area contributed by atoms with E-state index in [9.17, 15) is 13.2 Å². The molecule has 0 aromatic carbocycles. The van der Waals surface area contributed by atoms with Crippen LogP contribution in [-0.4, -0.2) is 29.0 Å². The first-order valence-electron chi connectivity index (χ1n) is 5.91. The molecule has 0 saturated carbocycles. The first-order chi connectivity index (χ1) is 9.83. The van der Waals surface area contributed by atoms with E-state index in [4.69, 9.17) is 16.7 Å². The molecule has 0 saturated heterocycles. The molecule has 2 N–H and O–H groups in total. The number of carboxylic acids is 1. The summed E-state index contributed by atoms with van der Waals surface area (Å²) in [5.41, 5.74) is -0.100. The SMILES string of the molecule is CCn1cc(S(=O)(=O)Nc2cc(Cl)ccn2)cc1C(=O)O. The molecular weight excluding hydrogens is 318 g/mol. The Morgan fingerprint density at radius 2 is 2.19 bits per heavy atom. The van der Waals surface area contributed by atoms with Gasteiger partial charge in [0.2, 0.25) is 0 Å². The van der Waals surface area contributed by atoms with Crippen molar-refractivity contribution in [2.24, 2.45) is 0 Å². The first-order valence-corrected chi connectivity index (χ1v) is 7.77. The number of sulfonamides is 1. The largest absolute Gasteiger partial charge is 0.477 e. The third-order valence-corrected chi connectivity index (χ3v) is 4.26. The monoisotopic (exact) mass is 329 g/mol. The maximum absolute atomic E-state index is 12.2. The van der Waals surface area contributed by atoms with Gasteiger partial charge in [0.1, 0.15) is 16.4 Å². The van der Waals surface area contributed by atoms with Gasteiger partial charge in [-0.25, -0.2) is 18.2 Å². The molecule has 2 heterocycles. The minimum absolute atomic E-state index is 0.0589. The number of halogens is 1. The van der Waals surface area contributed by atoms with E-state index in [0.29, 0.717) is 11.6 Å². The van der Waals surface area contributed by atoms with Crippen molar-refractivity contribution in [3.63, 3.8) is 0 Å². The lowest BCUT2D eigenvalue weighted by Crippen LogP contribution is -2.13. The van der Waals surface area contributed by atoms with Gasteiger partial charge in [-0.3, -0.25) is 4.72 Å². The van der Waals surface area contributed by atoms with Gasteiger partial charge >= 0.3 is 5.97 Å². The van der Waals surface area contributed by atoms with Crippen LogP contribution in [-0.2, 0) is 16.6 Å². The Bertz CT molecular complexity index is 786. The van der Waals surface area contributed by atoms with Gasteiger partial charge in [0, 0.05) is 30.0 Å². The lowest BCUT2D eigenvalue weighted by atomic mass is 10.4. The van der Waals surface area contributed by atoms with Crippen LogP contribution in [0.5, 0.6) is 0 Å². The molecule has 7 nitrogen and oxygen atoms in total. The lowest BCUT2D eigenvalue weighted by Gasteiger charge is -2.05. The van der Waals surface area contributed by atoms with Crippen molar-refractivity contribution >= 4 is 33.4 Å². The number of anilines is 1. The summed E-state index contributed by atoms with van der Waals surface area (Å²) < 4.78 is 28.0. The van der Waals surface area contributed by atoms with Gasteiger partial charge in [0.05, 0.1) is 0 Å². The van der Waals surface area contributed by atoms with E-state index in [1.807, 2.05) is 0 Å². The van der Waals surface area contributed by atoms with Gasteiger partial charge in [-0.15, -0.1) is 0 Å². The minimum Gasteiger partial charge on any atom is -0.477 e. The van der Waals surface area contributed by atoms with Crippen LogP contribution in [0.3, 0.4) is 0 Å². The normalized spacial score (nSPS) is 11.3. The zero-order chi connectivity index (χ0) is 15.6. The third kappa shape index (κ3) is 3.34. The molecule has 21 heavy (non-hydrogen) atoms. The number of nitrogens with one attached hydrogen (secondary N) is 1. The Morgan fingerprint density at radius 3 is 2.71 bits per heavy atom. The van der Waals surface area contributed by atoms with E-state index in [1.165, 1.54) is 29.1 Å². The van der Waals surface area contributed by atoms with Crippen molar-refractivity contribution in [3.05, 3.63) is 41.3 Å². The maximum Gasteiger partial charge on any atom is 0.352 e. The zero-order valence-corrected chi connectivity index (χ0v) is 12.5. The highest BCUT2D eigenvalue weighted by atomic mass is 35.5. The number of carbonyl (C=O) groups is 1. The predicted octanol–water partition coefficient (Wildman–Crippen LogP) is 2.06. The molecule has 0 spiro atoms. The highest BCUT2D eigenvalue weighted by molar-refractivity contribution is 7.92. The molecule has 0 radical (unpaired) electrons. The number of nitrogens with zero attached hydrogens (tertiary/aromatic N) is 2. The molecule has 2 aromatic heterocycles. The number of hydrogen-bond donors (Lipinski definition) is 2. The standard InChI is InChI=1S/C12H12ClN3O4S/c1-2-16-7-9(6-10(16)12(17)18)21(19,20)15-11-5-8(13)3-4-14-11/h3-7H,2H2,1H3,(H,14,15)(H,17,18). The van der Waals surface area contributed by atoms with Crippen molar-refractivity contribution in [2.75, 3.05) is 4.72 Å². The molecule has 0 aliphatic heterocycles. The van der Waals surface area contributed by atoms with Gasteiger partial charge in [0.15, 0.2) is 0 Å². The summed E-state index contributed by atoms with van der Waals surface area (Å²) in [7, 11) is -3.93. The summed E-state index contributed by atoms with van der Waals surface area (Å²) in [6, 6.07) is 3.96. The van der Waals surface area contributed by atoms with Gasteiger partial charge in [-0.2, -0.15) is 0 Å². The molecule has 0 bridgehead atoms. The number of pyridine rings is 1. The average Bonchev–Trinajstić information content (AvgIpc) is 2.83. The molecule has 0 fully saturated rings. The molecule has 2 rings (SSSR count). The molecule has 0 aliphatic rings. The fourth-order valence-corrected chi connectivity index (χ4v) is 2.93. The predicted molar refractivity (Wildman–Crippen MR) is 77.1 cm³/mol. The molecule has 0 amide bonds. The van der Waals surface area contributed by atoms with Crippen LogP contribution in [0.25, 0.3) is 0 Å². The van der Waals surface area contributed by atoms with Crippen LogP contribution < -0.4 is 4.72 Å².